The summed E-state index contributed by atoms with van der Waals surface area (Å²) in [7, 11) is -3.01. The van der Waals surface area contributed by atoms with Gasteiger partial charge < -0.3 is 5.32 Å². The summed E-state index contributed by atoms with van der Waals surface area (Å²) in [5.74, 6) is 0. The summed E-state index contributed by atoms with van der Waals surface area (Å²) >= 11 is 0. The van der Waals surface area contributed by atoms with Crippen LogP contribution in [0, 0.1) is 0 Å². The lowest BCUT2D eigenvalue weighted by molar-refractivity contribution is 0.436. The van der Waals surface area contributed by atoms with E-state index < -0.39 is 14.6 Å². The summed E-state index contributed by atoms with van der Waals surface area (Å²) in [5, 5.41) is 3.32. The van der Waals surface area contributed by atoms with Crippen molar-refractivity contribution in [3.8, 4) is 0 Å². The molecule has 0 saturated carbocycles. The first-order valence-electron chi connectivity index (χ1n) is 5.78. The Bertz CT molecular complexity index is 307. The molecule has 0 aromatic rings. The van der Waals surface area contributed by atoms with E-state index in [9.17, 15) is 8.42 Å². The zero-order chi connectivity index (χ0) is 12.8. The SMILES string of the molecule is C=CCCC(CC)NCC(C)(C)S(C)(=O)=O. The van der Waals surface area contributed by atoms with Crippen molar-refractivity contribution in [3.05, 3.63) is 12.7 Å². The van der Waals surface area contributed by atoms with Gasteiger partial charge in [-0.1, -0.05) is 13.0 Å². The lowest BCUT2D eigenvalue weighted by atomic mass is 10.1. The molecule has 0 spiro atoms. The third kappa shape index (κ3) is 5.12. The van der Waals surface area contributed by atoms with E-state index in [4.69, 9.17) is 0 Å². The van der Waals surface area contributed by atoms with Gasteiger partial charge in [-0.25, -0.2) is 8.42 Å². The number of nitrogens with one attached hydrogen (secondary N) is 1. The molecule has 0 aliphatic carbocycles. The molecule has 1 unspecified atom stereocenters. The van der Waals surface area contributed by atoms with Crippen LogP contribution in [0.1, 0.15) is 40.0 Å². The minimum atomic E-state index is -3.01. The molecule has 4 heteroatoms. The summed E-state index contributed by atoms with van der Waals surface area (Å²) in [6, 6.07) is 0.374. The fourth-order valence-corrected chi connectivity index (χ4v) is 1.64. The molecule has 0 bridgehead atoms. The van der Waals surface area contributed by atoms with Gasteiger partial charge in [-0.05, 0) is 33.1 Å². The molecule has 3 nitrogen and oxygen atoms in total. The molecule has 0 aromatic carbocycles. The number of allylic oxidation sites excluding steroid dienone is 1. The maximum Gasteiger partial charge on any atom is 0.153 e. The minimum Gasteiger partial charge on any atom is -0.312 e. The Balaban J connectivity index is 4.25. The molecule has 0 fully saturated rings. The summed E-state index contributed by atoms with van der Waals surface area (Å²) in [6.07, 6.45) is 6.17. The van der Waals surface area contributed by atoms with Crippen molar-refractivity contribution in [2.45, 2.75) is 50.8 Å². The van der Waals surface area contributed by atoms with Crippen molar-refractivity contribution in [1.29, 1.82) is 0 Å². The predicted octanol–water partition coefficient (Wildman–Crippen LogP) is 2.14. The first-order valence-corrected chi connectivity index (χ1v) is 7.67. The summed E-state index contributed by atoms with van der Waals surface area (Å²) in [4.78, 5) is 0. The second-order valence-corrected chi connectivity index (χ2v) is 7.53. The predicted molar refractivity (Wildman–Crippen MR) is 70.4 cm³/mol. The second kappa shape index (κ2) is 6.40. The molecule has 1 N–H and O–H groups in total. The normalized spacial score (nSPS) is 14.8. The van der Waals surface area contributed by atoms with E-state index >= 15 is 0 Å². The minimum absolute atomic E-state index is 0.374. The maximum absolute atomic E-state index is 11.5. The van der Waals surface area contributed by atoms with Gasteiger partial charge >= 0.3 is 0 Å². The Morgan fingerprint density at radius 2 is 2.00 bits per heavy atom. The van der Waals surface area contributed by atoms with E-state index in [2.05, 4.69) is 18.8 Å². The average molecular weight is 247 g/mol. The largest absolute Gasteiger partial charge is 0.312 e. The summed E-state index contributed by atoms with van der Waals surface area (Å²) in [6.45, 7) is 9.82. The lowest BCUT2D eigenvalue weighted by Crippen LogP contribution is -2.45. The highest BCUT2D eigenvalue weighted by Crippen LogP contribution is 2.14. The monoisotopic (exact) mass is 247 g/mol. The first kappa shape index (κ1) is 15.7. The highest BCUT2D eigenvalue weighted by molar-refractivity contribution is 7.92. The van der Waals surface area contributed by atoms with Crippen molar-refractivity contribution in [2.24, 2.45) is 0 Å². The molecular weight excluding hydrogens is 222 g/mol. The molecule has 96 valence electrons. The Kier molecular flexibility index (Phi) is 6.26. The van der Waals surface area contributed by atoms with Crippen LogP contribution < -0.4 is 5.32 Å². The first-order chi connectivity index (χ1) is 7.24. The quantitative estimate of drug-likeness (QED) is 0.668. The van der Waals surface area contributed by atoms with Gasteiger partial charge in [0, 0.05) is 18.8 Å². The van der Waals surface area contributed by atoms with Crippen LogP contribution in [0.15, 0.2) is 12.7 Å². The molecule has 0 rings (SSSR count). The van der Waals surface area contributed by atoms with Crippen LogP contribution in [0.2, 0.25) is 0 Å². The number of sulfone groups is 1. The number of hydrogen-bond acceptors (Lipinski definition) is 3. The van der Waals surface area contributed by atoms with E-state index in [0.717, 1.165) is 19.3 Å². The van der Waals surface area contributed by atoms with Crippen molar-refractivity contribution < 1.29 is 8.42 Å². The molecule has 0 aliphatic rings. The van der Waals surface area contributed by atoms with E-state index in [-0.39, 0.29) is 0 Å². The van der Waals surface area contributed by atoms with Crippen LogP contribution >= 0.6 is 0 Å². The van der Waals surface area contributed by atoms with Gasteiger partial charge in [0.05, 0.1) is 4.75 Å². The molecule has 1 atom stereocenters. The van der Waals surface area contributed by atoms with Crippen molar-refractivity contribution in [3.63, 3.8) is 0 Å². The van der Waals surface area contributed by atoms with Crippen LogP contribution in [-0.2, 0) is 9.84 Å². The zero-order valence-corrected chi connectivity index (χ0v) is 11.7. The summed E-state index contributed by atoms with van der Waals surface area (Å²) < 4.78 is 22.3. The van der Waals surface area contributed by atoms with Gasteiger partial charge in [-0.15, -0.1) is 6.58 Å². The Morgan fingerprint density at radius 1 is 1.44 bits per heavy atom. The van der Waals surface area contributed by atoms with Crippen molar-refractivity contribution >= 4 is 9.84 Å². The van der Waals surface area contributed by atoms with E-state index in [1.165, 1.54) is 6.26 Å². The Hall–Kier alpha value is -0.350. The molecular formula is C12H25NO2S. The van der Waals surface area contributed by atoms with Gasteiger partial charge in [0.2, 0.25) is 0 Å². The summed E-state index contributed by atoms with van der Waals surface area (Å²) in [5.41, 5.74) is 0. The van der Waals surface area contributed by atoms with Gasteiger partial charge in [0.1, 0.15) is 0 Å². The van der Waals surface area contributed by atoms with E-state index in [0.29, 0.717) is 12.6 Å². The van der Waals surface area contributed by atoms with Crippen LogP contribution in [-0.4, -0.2) is 32.0 Å². The van der Waals surface area contributed by atoms with E-state index in [1.54, 1.807) is 13.8 Å². The molecule has 0 radical (unpaired) electrons. The Morgan fingerprint density at radius 3 is 2.38 bits per heavy atom. The second-order valence-electron chi connectivity index (χ2n) is 4.88. The Labute approximate surface area is 100 Å². The lowest BCUT2D eigenvalue weighted by Gasteiger charge is -2.26. The molecule has 0 heterocycles. The fraction of sp³-hybridized carbons (Fsp3) is 0.833. The van der Waals surface area contributed by atoms with Gasteiger partial charge in [0.15, 0.2) is 9.84 Å². The van der Waals surface area contributed by atoms with Gasteiger partial charge in [-0.3, -0.25) is 0 Å². The molecule has 16 heavy (non-hydrogen) atoms. The fourth-order valence-electron chi connectivity index (χ4n) is 1.29. The highest BCUT2D eigenvalue weighted by atomic mass is 32.2. The highest BCUT2D eigenvalue weighted by Gasteiger charge is 2.30. The average Bonchev–Trinajstić information content (AvgIpc) is 2.16. The third-order valence-corrected chi connectivity index (χ3v) is 5.18. The van der Waals surface area contributed by atoms with Crippen molar-refractivity contribution in [2.75, 3.05) is 12.8 Å². The van der Waals surface area contributed by atoms with Crippen LogP contribution in [0.3, 0.4) is 0 Å². The smallest absolute Gasteiger partial charge is 0.153 e. The number of hydrogen-bond donors (Lipinski definition) is 1. The maximum atomic E-state index is 11.5. The van der Waals surface area contributed by atoms with Crippen LogP contribution in [0.4, 0.5) is 0 Å². The van der Waals surface area contributed by atoms with Gasteiger partial charge in [0.25, 0.3) is 0 Å². The molecule has 0 aromatic heterocycles. The number of rotatable bonds is 8. The van der Waals surface area contributed by atoms with Crippen LogP contribution in [0.5, 0.6) is 0 Å². The van der Waals surface area contributed by atoms with Crippen molar-refractivity contribution in [1.82, 2.24) is 5.32 Å². The van der Waals surface area contributed by atoms with Crippen LogP contribution in [0.25, 0.3) is 0 Å². The third-order valence-electron chi connectivity index (χ3n) is 3.03. The van der Waals surface area contributed by atoms with Gasteiger partial charge in [-0.2, -0.15) is 0 Å². The molecule has 0 saturated heterocycles. The topological polar surface area (TPSA) is 46.2 Å². The molecule has 0 aliphatic heterocycles. The standard InChI is InChI=1S/C12H25NO2S/c1-6-8-9-11(7-2)13-10-12(3,4)16(5,14)15/h6,11,13H,1,7-10H2,2-5H3. The zero-order valence-electron chi connectivity index (χ0n) is 10.9. The van der Waals surface area contributed by atoms with E-state index in [1.807, 2.05) is 6.08 Å². The molecule has 0 amide bonds.